The summed E-state index contributed by atoms with van der Waals surface area (Å²) in [6.07, 6.45) is 0.709. The molecule has 0 aromatic heterocycles. The van der Waals surface area contributed by atoms with Crippen LogP contribution in [0.1, 0.15) is 6.42 Å². The van der Waals surface area contributed by atoms with Crippen molar-refractivity contribution in [1.29, 1.82) is 0 Å². The molecule has 0 fully saturated rings. The van der Waals surface area contributed by atoms with Gasteiger partial charge in [-0.1, -0.05) is 19.6 Å². The standard InChI is InChI=1S/C6H13Cl3Si/c1-10(2,3)6(9)4-5(7)8/h5-6H,4H2,1-3H3. The molecule has 0 rings (SSSR count). The molecular weight excluding hydrogens is 207 g/mol. The minimum atomic E-state index is -1.23. The van der Waals surface area contributed by atoms with Gasteiger partial charge >= 0.3 is 0 Å². The molecule has 0 aliphatic carbocycles. The Morgan fingerprint density at radius 3 is 1.60 bits per heavy atom. The normalized spacial score (nSPS) is 15.9. The first-order valence-corrected chi connectivity index (χ1v) is 8.15. The number of alkyl halides is 3. The van der Waals surface area contributed by atoms with Gasteiger partial charge < -0.3 is 0 Å². The summed E-state index contributed by atoms with van der Waals surface area (Å²) in [6, 6.07) is 0. The van der Waals surface area contributed by atoms with Crippen LogP contribution in [0.4, 0.5) is 0 Å². The van der Waals surface area contributed by atoms with Gasteiger partial charge in [0.2, 0.25) is 0 Å². The van der Waals surface area contributed by atoms with E-state index in [2.05, 4.69) is 19.6 Å². The van der Waals surface area contributed by atoms with Crippen LogP contribution in [-0.2, 0) is 0 Å². The maximum atomic E-state index is 6.04. The van der Waals surface area contributed by atoms with Crippen molar-refractivity contribution in [3.8, 4) is 0 Å². The molecule has 4 heteroatoms. The van der Waals surface area contributed by atoms with Crippen molar-refractivity contribution in [2.75, 3.05) is 0 Å². The van der Waals surface area contributed by atoms with Gasteiger partial charge in [0.05, 0.1) is 8.07 Å². The van der Waals surface area contributed by atoms with Gasteiger partial charge in [0.15, 0.2) is 0 Å². The lowest BCUT2D eigenvalue weighted by Gasteiger charge is -2.22. The molecule has 0 aliphatic heterocycles. The Kier molecular flexibility index (Phi) is 4.65. The molecule has 1 atom stereocenters. The van der Waals surface area contributed by atoms with Gasteiger partial charge in [0.1, 0.15) is 4.84 Å². The van der Waals surface area contributed by atoms with Crippen molar-refractivity contribution >= 4 is 42.9 Å². The summed E-state index contributed by atoms with van der Waals surface area (Å²) in [5.74, 6) is 0. The summed E-state index contributed by atoms with van der Waals surface area (Å²) < 4.78 is 0. The fourth-order valence-electron chi connectivity index (χ4n) is 0.510. The van der Waals surface area contributed by atoms with E-state index in [0.717, 1.165) is 0 Å². The number of hydrogen-bond donors (Lipinski definition) is 0. The zero-order valence-electron chi connectivity index (χ0n) is 6.50. The fraction of sp³-hybridized carbons (Fsp3) is 1.00. The first-order chi connectivity index (χ1) is 4.34. The lowest BCUT2D eigenvalue weighted by molar-refractivity contribution is 0.962. The van der Waals surface area contributed by atoms with Crippen LogP contribution in [0.25, 0.3) is 0 Å². The third-order valence-electron chi connectivity index (χ3n) is 1.32. The molecule has 10 heavy (non-hydrogen) atoms. The molecule has 0 aromatic rings. The van der Waals surface area contributed by atoms with Crippen molar-refractivity contribution in [1.82, 2.24) is 0 Å². The lowest BCUT2D eigenvalue weighted by atomic mass is 10.6. The molecule has 0 saturated heterocycles. The third-order valence-corrected chi connectivity index (χ3v) is 5.94. The molecule has 0 saturated carbocycles. The highest BCUT2D eigenvalue weighted by molar-refractivity contribution is 6.84. The monoisotopic (exact) mass is 218 g/mol. The van der Waals surface area contributed by atoms with E-state index in [4.69, 9.17) is 34.8 Å². The molecule has 0 aromatic carbocycles. The Bertz CT molecular complexity index is 97.7. The second kappa shape index (κ2) is 4.20. The highest BCUT2D eigenvalue weighted by Crippen LogP contribution is 2.22. The van der Waals surface area contributed by atoms with Crippen molar-refractivity contribution in [2.45, 2.75) is 35.9 Å². The van der Waals surface area contributed by atoms with E-state index in [9.17, 15) is 0 Å². The van der Waals surface area contributed by atoms with E-state index >= 15 is 0 Å². The van der Waals surface area contributed by atoms with E-state index in [0.29, 0.717) is 6.42 Å². The van der Waals surface area contributed by atoms with Crippen molar-refractivity contribution in [3.63, 3.8) is 0 Å². The van der Waals surface area contributed by atoms with E-state index in [1.165, 1.54) is 0 Å². The van der Waals surface area contributed by atoms with Gasteiger partial charge in [0, 0.05) is 5.00 Å². The third kappa shape index (κ3) is 4.83. The fourth-order valence-corrected chi connectivity index (χ4v) is 2.47. The van der Waals surface area contributed by atoms with Crippen LogP contribution >= 0.6 is 34.8 Å². The van der Waals surface area contributed by atoms with Crippen LogP contribution < -0.4 is 0 Å². The SMILES string of the molecule is C[Si](C)(C)C(Cl)CC(Cl)Cl. The van der Waals surface area contributed by atoms with Crippen LogP contribution in [-0.4, -0.2) is 17.9 Å². The van der Waals surface area contributed by atoms with Gasteiger partial charge in [-0.15, -0.1) is 34.8 Å². The van der Waals surface area contributed by atoms with Crippen molar-refractivity contribution in [3.05, 3.63) is 0 Å². The molecule has 0 N–H and O–H groups in total. The average molecular weight is 220 g/mol. The minimum Gasteiger partial charge on any atom is -0.126 e. The molecule has 0 heterocycles. The van der Waals surface area contributed by atoms with Gasteiger partial charge in [-0.2, -0.15) is 0 Å². The van der Waals surface area contributed by atoms with Gasteiger partial charge in [0.25, 0.3) is 0 Å². The predicted octanol–water partition coefficient (Wildman–Crippen LogP) is 3.67. The summed E-state index contributed by atoms with van der Waals surface area (Å²) in [6.45, 7) is 6.63. The summed E-state index contributed by atoms with van der Waals surface area (Å²) in [5.41, 5.74) is 0. The smallest absolute Gasteiger partial charge is 0.109 e. The highest BCUT2D eigenvalue weighted by Gasteiger charge is 2.25. The number of rotatable bonds is 3. The molecule has 0 amide bonds. The Hall–Kier alpha value is 1.09. The Balaban J connectivity index is 3.73. The summed E-state index contributed by atoms with van der Waals surface area (Å²) in [4.78, 5) is -0.311. The van der Waals surface area contributed by atoms with E-state index in [1.54, 1.807) is 0 Å². The first-order valence-electron chi connectivity index (χ1n) is 3.26. The molecule has 0 nitrogen and oxygen atoms in total. The zero-order valence-corrected chi connectivity index (χ0v) is 9.76. The second-order valence-electron chi connectivity index (χ2n) is 3.46. The summed E-state index contributed by atoms with van der Waals surface area (Å²) >= 11 is 17.2. The van der Waals surface area contributed by atoms with Crippen LogP contribution in [0, 0.1) is 0 Å². The largest absolute Gasteiger partial charge is 0.126 e. The van der Waals surface area contributed by atoms with Gasteiger partial charge in [-0.3, -0.25) is 0 Å². The predicted molar refractivity (Wildman–Crippen MR) is 53.1 cm³/mol. The average Bonchev–Trinajstić information content (AvgIpc) is 1.60. The van der Waals surface area contributed by atoms with Crippen LogP contribution in [0.2, 0.25) is 19.6 Å². The quantitative estimate of drug-likeness (QED) is 0.502. The topological polar surface area (TPSA) is 0 Å². The number of hydrogen-bond acceptors (Lipinski definition) is 0. The van der Waals surface area contributed by atoms with Crippen LogP contribution in [0.15, 0.2) is 0 Å². The Morgan fingerprint density at radius 2 is 1.50 bits per heavy atom. The summed E-state index contributed by atoms with van der Waals surface area (Å²) in [5, 5.41) is 0.187. The zero-order chi connectivity index (χ0) is 8.36. The van der Waals surface area contributed by atoms with Gasteiger partial charge in [-0.25, -0.2) is 0 Å². The van der Waals surface area contributed by atoms with E-state index in [1.807, 2.05) is 0 Å². The van der Waals surface area contributed by atoms with Crippen molar-refractivity contribution in [2.24, 2.45) is 0 Å². The van der Waals surface area contributed by atoms with Crippen LogP contribution in [0.3, 0.4) is 0 Å². The summed E-state index contributed by atoms with van der Waals surface area (Å²) in [7, 11) is -1.23. The van der Waals surface area contributed by atoms with E-state index in [-0.39, 0.29) is 9.84 Å². The maximum Gasteiger partial charge on any atom is 0.109 e. The minimum absolute atomic E-state index is 0.187. The highest BCUT2D eigenvalue weighted by atomic mass is 35.5. The van der Waals surface area contributed by atoms with Gasteiger partial charge in [-0.05, 0) is 6.42 Å². The maximum absolute atomic E-state index is 6.04. The molecule has 0 radical (unpaired) electrons. The first kappa shape index (κ1) is 11.1. The Labute approximate surface area is 78.9 Å². The van der Waals surface area contributed by atoms with Crippen molar-refractivity contribution < 1.29 is 0 Å². The molecular formula is C6H13Cl3Si. The molecule has 1 unspecified atom stereocenters. The molecule has 0 bridgehead atoms. The van der Waals surface area contributed by atoms with Crippen LogP contribution in [0.5, 0.6) is 0 Å². The number of halogens is 3. The molecule has 0 spiro atoms. The second-order valence-corrected chi connectivity index (χ2v) is 11.1. The molecule has 62 valence electrons. The lowest BCUT2D eigenvalue weighted by Crippen LogP contribution is -2.34. The van der Waals surface area contributed by atoms with E-state index < -0.39 is 8.07 Å². The Morgan fingerprint density at radius 1 is 1.10 bits per heavy atom. The molecule has 0 aliphatic rings.